The van der Waals surface area contributed by atoms with Crippen LogP contribution in [0.25, 0.3) is 0 Å². The lowest BCUT2D eigenvalue weighted by atomic mass is 10.1. The molecule has 0 bridgehead atoms. The molecule has 0 saturated heterocycles. The Kier molecular flexibility index (Phi) is 4.57. The van der Waals surface area contributed by atoms with Gasteiger partial charge in [-0.1, -0.05) is 0 Å². The molecule has 0 unspecified atom stereocenters. The number of carbonyl (C=O) groups is 1. The van der Waals surface area contributed by atoms with E-state index in [1.54, 1.807) is 6.07 Å². The Morgan fingerprint density at radius 2 is 2.00 bits per heavy atom. The lowest BCUT2D eigenvalue weighted by Gasteiger charge is -2.12. The summed E-state index contributed by atoms with van der Waals surface area (Å²) < 4.78 is 33.0. The average molecular weight is 356 g/mol. The van der Waals surface area contributed by atoms with Crippen LogP contribution < -0.4 is 10.5 Å². The smallest absolute Gasteiger partial charge is 0.163 e. The highest BCUT2D eigenvalue weighted by molar-refractivity contribution is 9.10. The van der Waals surface area contributed by atoms with Crippen molar-refractivity contribution in [1.82, 2.24) is 0 Å². The summed E-state index contributed by atoms with van der Waals surface area (Å²) in [5.74, 6) is -1.45. The molecule has 0 aromatic heterocycles. The first-order chi connectivity index (χ1) is 9.90. The number of anilines is 1. The Hall–Kier alpha value is -1.95. The minimum absolute atomic E-state index is 0.145. The molecule has 0 saturated carbocycles. The van der Waals surface area contributed by atoms with E-state index in [9.17, 15) is 13.6 Å². The van der Waals surface area contributed by atoms with Crippen molar-refractivity contribution in [2.75, 3.05) is 5.73 Å². The molecule has 3 nitrogen and oxygen atoms in total. The fourth-order valence-corrected chi connectivity index (χ4v) is 2.17. The molecular weight excluding hydrogens is 344 g/mol. The van der Waals surface area contributed by atoms with E-state index >= 15 is 0 Å². The number of ketones is 1. The molecule has 2 N–H and O–H groups in total. The molecule has 110 valence electrons. The van der Waals surface area contributed by atoms with Gasteiger partial charge in [-0.3, -0.25) is 4.79 Å². The molecule has 0 spiro atoms. The number of carbonyl (C=O) groups excluding carboxylic acids is 1. The Bertz CT molecular complexity index is 704. The van der Waals surface area contributed by atoms with E-state index in [1.807, 2.05) is 0 Å². The quantitative estimate of drug-likeness (QED) is 0.510. The normalized spacial score (nSPS) is 10.5. The first-order valence-electron chi connectivity index (χ1n) is 6.05. The van der Waals surface area contributed by atoms with E-state index < -0.39 is 11.6 Å². The van der Waals surface area contributed by atoms with Crippen LogP contribution in [0.5, 0.6) is 5.75 Å². The van der Waals surface area contributed by atoms with E-state index in [2.05, 4.69) is 15.9 Å². The van der Waals surface area contributed by atoms with E-state index in [1.165, 1.54) is 25.1 Å². The van der Waals surface area contributed by atoms with Crippen LogP contribution in [0, 0.1) is 11.6 Å². The number of nitrogens with two attached hydrogens (primary N) is 1. The molecule has 0 atom stereocenters. The monoisotopic (exact) mass is 355 g/mol. The molecule has 0 fully saturated rings. The summed E-state index contributed by atoms with van der Waals surface area (Å²) in [5, 5.41) is 0. The zero-order valence-corrected chi connectivity index (χ0v) is 12.7. The van der Waals surface area contributed by atoms with Crippen molar-refractivity contribution < 1.29 is 18.3 Å². The summed E-state index contributed by atoms with van der Waals surface area (Å²) in [6.07, 6.45) is 0. The minimum atomic E-state index is -0.727. The van der Waals surface area contributed by atoms with Gasteiger partial charge in [-0.2, -0.15) is 0 Å². The van der Waals surface area contributed by atoms with Crippen LogP contribution >= 0.6 is 15.9 Å². The van der Waals surface area contributed by atoms with Crippen LogP contribution in [-0.4, -0.2) is 5.78 Å². The molecule has 2 aromatic rings. The maximum Gasteiger partial charge on any atom is 0.163 e. The summed E-state index contributed by atoms with van der Waals surface area (Å²) in [7, 11) is 0. The molecule has 0 heterocycles. The predicted octanol–water partition coefficient (Wildman–Crippen LogP) is 4.09. The Morgan fingerprint density at radius 1 is 1.29 bits per heavy atom. The van der Waals surface area contributed by atoms with Crippen LogP contribution in [-0.2, 0) is 6.61 Å². The molecule has 0 aliphatic rings. The first-order valence-corrected chi connectivity index (χ1v) is 6.85. The van der Waals surface area contributed by atoms with Crippen LogP contribution in [0.2, 0.25) is 0 Å². The summed E-state index contributed by atoms with van der Waals surface area (Å²) in [4.78, 5) is 11.5. The lowest BCUT2D eigenvalue weighted by molar-refractivity contribution is 0.101. The minimum Gasteiger partial charge on any atom is -0.488 e. The predicted molar refractivity (Wildman–Crippen MR) is 79.2 cm³/mol. The molecular formula is C15H12BrF2NO2. The topological polar surface area (TPSA) is 52.3 Å². The highest BCUT2D eigenvalue weighted by atomic mass is 79.9. The van der Waals surface area contributed by atoms with Gasteiger partial charge in [-0.05, 0) is 53.2 Å². The van der Waals surface area contributed by atoms with Gasteiger partial charge in [-0.15, -0.1) is 0 Å². The van der Waals surface area contributed by atoms with E-state index in [-0.39, 0.29) is 33.7 Å². The molecule has 6 heteroatoms. The van der Waals surface area contributed by atoms with Gasteiger partial charge < -0.3 is 10.5 Å². The van der Waals surface area contributed by atoms with Gasteiger partial charge >= 0.3 is 0 Å². The van der Waals surface area contributed by atoms with Crippen LogP contribution in [0.1, 0.15) is 22.8 Å². The van der Waals surface area contributed by atoms with Crippen molar-refractivity contribution in [3.8, 4) is 5.75 Å². The van der Waals surface area contributed by atoms with Crippen molar-refractivity contribution in [3.63, 3.8) is 0 Å². The molecule has 0 amide bonds. The third-order valence-electron chi connectivity index (χ3n) is 2.89. The van der Waals surface area contributed by atoms with Crippen LogP contribution in [0.15, 0.2) is 34.8 Å². The van der Waals surface area contributed by atoms with Gasteiger partial charge in [0.05, 0.1) is 15.6 Å². The highest BCUT2D eigenvalue weighted by Gasteiger charge is 2.15. The molecule has 0 aliphatic carbocycles. The Labute approximate surface area is 128 Å². The van der Waals surface area contributed by atoms with Gasteiger partial charge in [0.2, 0.25) is 0 Å². The van der Waals surface area contributed by atoms with E-state index in [0.29, 0.717) is 5.69 Å². The fourth-order valence-electron chi connectivity index (χ4n) is 1.80. The summed E-state index contributed by atoms with van der Waals surface area (Å²) in [5.41, 5.74) is 6.07. The third kappa shape index (κ3) is 3.39. The third-order valence-corrected chi connectivity index (χ3v) is 3.51. The van der Waals surface area contributed by atoms with Gasteiger partial charge in [0.25, 0.3) is 0 Å². The van der Waals surface area contributed by atoms with Crippen molar-refractivity contribution in [3.05, 3.63) is 57.6 Å². The maximum absolute atomic E-state index is 13.8. The van der Waals surface area contributed by atoms with Gasteiger partial charge in [0.15, 0.2) is 5.78 Å². The van der Waals surface area contributed by atoms with Gasteiger partial charge in [0.1, 0.15) is 24.0 Å². The van der Waals surface area contributed by atoms with E-state index in [4.69, 9.17) is 10.5 Å². The second-order valence-corrected chi connectivity index (χ2v) is 5.28. The molecule has 2 aromatic carbocycles. The SMILES string of the molecule is CC(=O)c1cc(N)ccc1OCc1c(F)ccc(Br)c1F. The average Bonchev–Trinajstić information content (AvgIpc) is 2.44. The number of hydrogen-bond donors (Lipinski definition) is 1. The van der Waals surface area contributed by atoms with Gasteiger partial charge in [0, 0.05) is 5.69 Å². The summed E-state index contributed by atoms with van der Waals surface area (Å²) in [6, 6.07) is 6.93. The summed E-state index contributed by atoms with van der Waals surface area (Å²) >= 11 is 2.99. The molecule has 21 heavy (non-hydrogen) atoms. The number of benzene rings is 2. The molecule has 0 radical (unpaired) electrons. The number of Topliss-reactive ketones (excluding diaryl/α,β-unsaturated/α-hetero) is 1. The van der Waals surface area contributed by atoms with Crippen molar-refractivity contribution >= 4 is 27.4 Å². The second kappa shape index (κ2) is 6.22. The number of hydrogen-bond acceptors (Lipinski definition) is 3. The van der Waals surface area contributed by atoms with Crippen LogP contribution in [0.4, 0.5) is 14.5 Å². The number of ether oxygens (including phenoxy) is 1. The lowest BCUT2D eigenvalue weighted by Crippen LogP contribution is -2.06. The van der Waals surface area contributed by atoms with Crippen molar-refractivity contribution in [1.29, 1.82) is 0 Å². The first kappa shape index (κ1) is 15.4. The molecule has 0 aliphatic heterocycles. The number of rotatable bonds is 4. The number of halogens is 3. The Balaban J connectivity index is 2.29. The second-order valence-electron chi connectivity index (χ2n) is 4.42. The van der Waals surface area contributed by atoms with Crippen molar-refractivity contribution in [2.24, 2.45) is 0 Å². The number of nitrogen functional groups attached to an aromatic ring is 1. The van der Waals surface area contributed by atoms with Crippen molar-refractivity contribution in [2.45, 2.75) is 13.5 Å². The highest BCUT2D eigenvalue weighted by Crippen LogP contribution is 2.26. The summed E-state index contributed by atoms with van der Waals surface area (Å²) in [6.45, 7) is 1.03. The Morgan fingerprint density at radius 3 is 2.67 bits per heavy atom. The van der Waals surface area contributed by atoms with Gasteiger partial charge in [-0.25, -0.2) is 8.78 Å². The van der Waals surface area contributed by atoms with E-state index in [0.717, 1.165) is 6.07 Å². The fraction of sp³-hybridized carbons (Fsp3) is 0.133. The maximum atomic E-state index is 13.8. The zero-order chi connectivity index (χ0) is 15.6. The standard InChI is InChI=1S/C15H12BrF2NO2/c1-8(20)10-6-9(19)2-5-14(10)21-7-11-13(17)4-3-12(16)15(11)18/h2-6H,7,19H2,1H3. The zero-order valence-electron chi connectivity index (χ0n) is 11.1. The largest absolute Gasteiger partial charge is 0.488 e. The van der Waals surface area contributed by atoms with Crippen LogP contribution in [0.3, 0.4) is 0 Å². The molecule has 2 rings (SSSR count).